The van der Waals surface area contributed by atoms with Gasteiger partial charge in [0.05, 0.1) is 0 Å². The SMILES string of the molecule is CC(C)(C)OC(=O)N[C@@H](c1ccccc1)c1nc(-c2ccc(-c3ccncc3)cc2)no1. The quantitative estimate of drug-likeness (QED) is 0.457. The van der Waals surface area contributed by atoms with Gasteiger partial charge >= 0.3 is 6.09 Å². The summed E-state index contributed by atoms with van der Waals surface area (Å²) < 4.78 is 11.0. The first kappa shape index (κ1) is 21.2. The van der Waals surface area contributed by atoms with Gasteiger partial charge in [-0.1, -0.05) is 59.8 Å². The van der Waals surface area contributed by atoms with E-state index in [1.807, 2.05) is 87.5 Å². The van der Waals surface area contributed by atoms with Crippen LogP contribution >= 0.6 is 0 Å². The summed E-state index contributed by atoms with van der Waals surface area (Å²) in [4.78, 5) is 21.0. The van der Waals surface area contributed by atoms with Crippen LogP contribution in [0.5, 0.6) is 0 Å². The van der Waals surface area contributed by atoms with E-state index < -0.39 is 17.7 Å². The van der Waals surface area contributed by atoms with Gasteiger partial charge in [-0.2, -0.15) is 4.98 Å². The largest absolute Gasteiger partial charge is 0.444 e. The van der Waals surface area contributed by atoms with Gasteiger partial charge in [0.1, 0.15) is 11.6 Å². The molecule has 7 nitrogen and oxygen atoms in total. The van der Waals surface area contributed by atoms with Crippen LogP contribution in [0.2, 0.25) is 0 Å². The van der Waals surface area contributed by atoms with Gasteiger partial charge in [0.15, 0.2) is 0 Å². The molecule has 7 heteroatoms. The van der Waals surface area contributed by atoms with E-state index in [1.54, 1.807) is 12.4 Å². The first-order valence-electron chi connectivity index (χ1n) is 10.3. The number of ether oxygens (including phenoxy) is 1. The zero-order valence-corrected chi connectivity index (χ0v) is 18.1. The van der Waals surface area contributed by atoms with Gasteiger partial charge in [0.25, 0.3) is 5.89 Å². The van der Waals surface area contributed by atoms with Crippen molar-refractivity contribution in [2.24, 2.45) is 0 Å². The van der Waals surface area contributed by atoms with Gasteiger partial charge in [-0.3, -0.25) is 4.98 Å². The van der Waals surface area contributed by atoms with Crippen molar-refractivity contribution in [3.63, 3.8) is 0 Å². The highest BCUT2D eigenvalue weighted by atomic mass is 16.6. The van der Waals surface area contributed by atoms with Gasteiger partial charge in [0.2, 0.25) is 5.82 Å². The lowest BCUT2D eigenvalue weighted by Crippen LogP contribution is -2.35. The highest BCUT2D eigenvalue weighted by molar-refractivity contribution is 5.69. The van der Waals surface area contributed by atoms with E-state index in [-0.39, 0.29) is 5.89 Å². The predicted molar refractivity (Wildman–Crippen MR) is 121 cm³/mol. The third-order valence-electron chi connectivity index (χ3n) is 4.64. The number of benzene rings is 2. The molecule has 4 aromatic rings. The Balaban J connectivity index is 1.59. The number of carbonyl (C=O) groups is 1. The van der Waals surface area contributed by atoms with Crippen LogP contribution in [0, 0.1) is 0 Å². The molecule has 2 heterocycles. The summed E-state index contributed by atoms with van der Waals surface area (Å²) in [5, 5.41) is 6.97. The Morgan fingerprint density at radius 2 is 1.53 bits per heavy atom. The average molecular weight is 428 g/mol. The Bertz CT molecular complexity index is 1170. The van der Waals surface area contributed by atoms with E-state index in [1.165, 1.54) is 0 Å². The summed E-state index contributed by atoms with van der Waals surface area (Å²) in [5.41, 5.74) is 3.13. The Hall–Kier alpha value is -4.00. The molecule has 0 spiro atoms. The number of nitrogens with one attached hydrogen (secondary N) is 1. The third-order valence-corrected chi connectivity index (χ3v) is 4.64. The number of amides is 1. The summed E-state index contributed by atoms with van der Waals surface area (Å²) in [6.45, 7) is 5.43. The van der Waals surface area contributed by atoms with Crippen molar-refractivity contribution in [3.05, 3.63) is 90.6 Å². The van der Waals surface area contributed by atoms with Crippen LogP contribution in [0.15, 0.2) is 83.6 Å². The minimum absolute atomic E-state index is 0.273. The fraction of sp³-hybridized carbons (Fsp3) is 0.200. The molecule has 0 aliphatic rings. The molecule has 2 aromatic heterocycles. The number of hydrogen-bond acceptors (Lipinski definition) is 6. The Morgan fingerprint density at radius 3 is 2.19 bits per heavy atom. The number of hydrogen-bond donors (Lipinski definition) is 1. The van der Waals surface area contributed by atoms with Crippen LogP contribution in [-0.2, 0) is 4.74 Å². The molecule has 1 N–H and O–H groups in total. The second kappa shape index (κ2) is 9.01. The smallest absolute Gasteiger partial charge is 0.408 e. The number of pyridine rings is 1. The second-order valence-corrected chi connectivity index (χ2v) is 8.26. The summed E-state index contributed by atoms with van der Waals surface area (Å²) in [7, 11) is 0. The first-order valence-corrected chi connectivity index (χ1v) is 10.3. The van der Waals surface area contributed by atoms with Crippen LogP contribution in [0.3, 0.4) is 0 Å². The maximum Gasteiger partial charge on any atom is 0.408 e. The van der Waals surface area contributed by atoms with Crippen LogP contribution in [0.25, 0.3) is 22.5 Å². The molecule has 0 saturated carbocycles. The van der Waals surface area contributed by atoms with Crippen molar-refractivity contribution >= 4 is 6.09 Å². The highest BCUT2D eigenvalue weighted by Gasteiger charge is 2.26. The predicted octanol–water partition coefficient (Wildman–Crippen LogP) is 5.41. The molecule has 1 amide bonds. The van der Waals surface area contributed by atoms with E-state index in [2.05, 4.69) is 20.4 Å². The Kier molecular flexibility index (Phi) is 5.98. The number of alkyl carbamates (subject to hydrolysis) is 1. The summed E-state index contributed by atoms with van der Waals surface area (Å²) in [6, 6.07) is 20.6. The summed E-state index contributed by atoms with van der Waals surface area (Å²) in [5.74, 6) is 0.712. The average Bonchev–Trinajstić information content (AvgIpc) is 3.28. The van der Waals surface area contributed by atoms with Crippen LogP contribution in [0.4, 0.5) is 4.79 Å². The fourth-order valence-electron chi connectivity index (χ4n) is 3.18. The van der Waals surface area contributed by atoms with E-state index >= 15 is 0 Å². The number of aromatic nitrogens is 3. The van der Waals surface area contributed by atoms with Crippen molar-refractivity contribution < 1.29 is 14.1 Å². The maximum absolute atomic E-state index is 12.4. The van der Waals surface area contributed by atoms with E-state index in [9.17, 15) is 4.79 Å². The normalized spacial score (nSPS) is 12.2. The minimum Gasteiger partial charge on any atom is -0.444 e. The van der Waals surface area contributed by atoms with Crippen molar-refractivity contribution in [1.29, 1.82) is 0 Å². The lowest BCUT2D eigenvalue weighted by molar-refractivity contribution is 0.0504. The van der Waals surface area contributed by atoms with Gasteiger partial charge in [-0.15, -0.1) is 0 Å². The van der Waals surface area contributed by atoms with Crippen molar-refractivity contribution in [2.75, 3.05) is 0 Å². The van der Waals surface area contributed by atoms with Crippen molar-refractivity contribution in [3.8, 4) is 22.5 Å². The molecule has 32 heavy (non-hydrogen) atoms. The minimum atomic E-state index is -0.636. The standard InChI is InChI=1S/C25H24N4O3/c1-25(2,3)31-24(30)27-21(19-7-5-4-6-8-19)23-28-22(29-32-23)20-11-9-17(10-12-20)18-13-15-26-16-14-18/h4-16,21H,1-3H3,(H,27,30)/t21-/m0/s1. The van der Waals surface area contributed by atoms with Crippen molar-refractivity contribution in [2.45, 2.75) is 32.4 Å². The molecule has 0 fully saturated rings. The topological polar surface area (TPSA) is 90.1 Å². The zero-order valence-electron chi connectivity index (χ0n) is 18.1. The van der Waals surface area contributed by atoms with Crippen LogP contribution in [0.1, 0.15) is 38.3 Å². The fourth-order valence-corrected chi connectivity index (χ4v) is 3.18. The van der Waals surface area contributed by atoms with E-state index in [0.29, 0.717) is 5.82 Å². The molecule has 0 saturated heterocycles. The molecule has 2 aromatic carbocycles. The second-order valence-electron chi connectivity index (χ2n) is 8.26. The highest BCUT2D eigenvalue weighted by Crippen LogP contribution is 2.26. The maximum atomic E-state index is 12.4. The van der Waals surface area contributed by atoms with E-state index in [0.717, 1.165) is 22.3 Å². The zero-order chi connectivity index (χ0) is 22.6. The van der Waals surface area contributed by atoms with Gasteiger partial charge < -0.3 is 14.6 Å². The molecular formula is C25H24N4O3. The van der Waals surface area contributed by atoms with Gasteiger partial charge in [-0.25, -0.2) is 4.79 Å². The number of carbonyl (C=O) groups excluding carboxylic acids is 1. The van der Waals surface area contributed by atoms with Crippen molar-refractivity contribution in [1.82, 2.24) is 20.4 Å². The summed E-state index contributed by atoms with van der Waals surface area (Å²) >= 11 is 0. The monoisotopic (exact) mass is 428 g/mol. The molecule has 0 aliphatic heterocycles. The Morgan fingerprint density at radius 1 is 0.906 bits per heavy atom. The molecule has 1 atom stereocenters. The lowest BCUT2D eigenvalue weighted by atomic mass is 10.0. The molecular weight excluding hydrogens is 404 g/mol. The molecule has 4 rings (SSSR count). The van der Waals surface area contributed by atoms with Crippen LogP contribution in [-0.4, -0.2) is 26.8 Å². The van der Waals surface area contributed by atoms with Gasteiger partial charge in [-0.05, 0) is 49.6 Å². The Labute approximate surface area is 186 Å². The van der Waals surface area contributed by atoms with E-state index in [4.69, 9.17) is 9.26 Å². The molecule has 162 valence electrons. The third kappa shape index (κ3) is 5.18. The first-order chi connectivity index (χ1) is 15.4. The molecule has 0 aliphatic carbocycles. The molecule has 0 unspecified atom stereocenters. The number of rotatable bonds is 5. The van der Waals surface area contributed by atoms with Gasteiger partial charge in [0, 0.05) is 18.0 Å². The molecule has 0 bridgehead atoms. The number of nitrogens with zero attached hydrogens (tertiary/aromatic N) is 3. The lowest BCUT2D eigenvalue weighted by Gasteiger charge is -2.22. The summed E-state index contributed by atoms with van der Waals surface area (Å²) in [6.07, 6.45) is 2.96. The molecule has 0 radical (unpaired) electrons. The van der Waals surface area contributed by atoms with Crippen LogP contribution < -0.4 is 5.32 Å².